The third kappa shape index (κ3) is 4.86. The lowest BCUT2D eigenvalue weighted by atomic mass is 10.1. The number of nitrogens with one attached hydrogen (secondary N) is 1. The summed E-state index contributed by atoms with van der Waals surface area (Å²) >= 11 is 6.15. The van der Waals surface area contributed by atoms with Crippen molar-refractivity contribution in [2.75, 3.05) is 38.2 Å². The van der Waals surface area contributed by atoms with Crippen LogP contribution in [0.4, 0.5) is 5.69 Å². The maximum atomic E-state index is 12.9. The van der Waals surface area contributed by atoms with E-state index in [4.69, 9.17) is 16.3 Å². The van der Waals surface area contributed by atoms with Gasteiger partial charge in [0.15, 0.2) is 11.6 Å². The quantitative estimate of drug-likeness (QED) is 0.564. The van der Waals surface area contributed by atoms with Crippen molar-refractivity contribution in [1.82, 2.24) is 25.1 Å². The topological polar surface area (TPSA) is 87.2 Å². The number of Topliss-reactive ketones (excluding diaryl/α,β-unsaturated/α-hetero) is 1. The molecule has 9 heteroatoms. The zero-order chi connectivity index (χ0) is 21.8. The van der Waals surface area contributed by atoms with Crippen LogP contribution in [0.3, 0.4) is 0 Å². The number of aromatic amines is 1. The van der Waals surface area contributed by atoms with E-state index in [9.17, 15) is 4.79 Å². The highest BCUT2D eigenvalue weighted by Gasteiger charge is 2.25. The molecule has 162 valence electrons. The first-order chi connectivity index (χ1) is 15.0. The zero-order valence-electron chi connectivity index (χ0n) is 17.6. The molecule has 4 rings (SSSR count). The number of halogens is 1. The Hall–Kier alpha value is -2.97. The Labute approximate surface area is 186 Å². The van der Waals surface area contributed by atoms with Gasteiger partial charge in [-0.3, -0.25) is 14.8 Å². The molecule has 1 aliphatic rings. The molecule has 3 aromatic rings. The van der Waals surface area contributed by atoms with Crippen LogP contribution in [0.5, 0.6) is 5.88 Å². The van der Waals surface area contributed by atoms with Crippen LogP contribution in [0, 0.1) is 0 Å². The highest BCUT2D eigenvalue weighted by Crippen LogP contribution is 2.24. The number of hydrogen-bond acceptors (Lipinski definition) is 7. The molecule has 0 amide bonds. The van der Waals surface area contributed by atoms with Crippen molar-refractivity contribution in [2.24, 2.45) is 0 Å². The second-order valence-corrected chi connectivity index (χ2v) is 8.01. The first-order valence-corrected chi connectivity index (χ1v) is 10.6. The van der Waals surface area contributed by atoms with Crippen molar-refractivity contribution in [1.29, 1.82) is 0 Å². The molecular formula is C22H25ClN6O2. The van der Waals surface area contributed by atoms with E-state index in [0.29, 0.717) is 42.0 Å². The fourth-order valence-electron chi connectivity index (χ4n) is 3.91. The van der Waals surface area contributed by atoms with Crippen LogP contribution in [-0.4, -0.2) is 70.2 Å². The third-order valence-corrected chi connectivity index (χ3v) is 5.74. The minimum atomic E-state index is 0.0140. The summed E-state index contributed by atoms with van der Waals surface area (Å²) in [5.41, 5.74) is 2.15. The van der Waals surface area contributed by atoms with Gasteiger partial charge in [0.2, 0.25) is 5.88 Å². The molecule has 0 bridgehead atoms. The Morgan fingerprint density at radius 3 is 2.97 bits per heavy atom. The molecular weight excluding hydrogens is 416 g/mol. The number of anilines is 1. The van der Waals surface area contributed by atoms with Gasteiger partial charge in [0.05, 0.1) is 18.9 Å². The molecule has 1 aliphatic heterocycles. The predicted molar refractivity (Wildman–Crippen MR) is 120 cm³/mol. The fraction of sp³-hybridized carbons (Fsp3) is 0.364. The van der Waals surface area contributed by atoms with Gasteiger partial charge < -0.3 is 9.64 Å². The number of H-pyrrole nitrogens is 1. The van der Waals surface area contributed by atoms with E-state index < -0.39 is 0 Å². The Bertz CT molecular complexity index is 1060. The number of methoxy groups -OCH3 is 1. The molecule has 3 heterocycles. The summed E-state index contributed by atoms with van der Waals surface area (Å²) < 4.78 is 5.15. The maximum absolute atomic E-state index is 12.9. The number of rotatable bonds is 7. The van der Waals surface area contributed by atoms with Gasteiger partial charge >= 0.3 is 0 Å². The molecule has 0 saturated carbocycles. The molecule has 1 unspecified atom stereocenters. The highest BCUT2D eigenvalue weighted by molar-refractivity contribution is 6.30. The molecule has 0 aliphatic carbocycles. The number of nitrogens with zero attached hydrogens (tertiary/aromatic N) is 5. The van der Waals surface area contributed by atoms with Gasteiger partial charge in [-0.25, -0.2) is 4.98 Å². The molecule has 2 aromatic heterocycles. The molecule has 1 fully saturated rings. The van der Waals surface area contributed by atoms with Crippen molar-refractivity contribution < 1.29 is 9.53 Å². The van der Waals surface area contributed by atoms with Gasteiger partial charge in [-0.1, -0.05) is 17.7 Å². The van der Waals surface area contributed by atoms with Gasteiger partial charge in [-0.05, 0) is 25.1 Å². The van der Waals surface area contributed by atoms with E-state index in [-0.39, 0.29) is 5.78 Å². The highest BCUT2D eigenvalue weighted by atomic mass is 35.5. The minimum Gasteiger partial charge on any atom is -0.481 e. The number of ketones is 1. The van der Waals surface area contributed by atoms with E-state index in [1.807, 2.05) is 18.2 Å². The summed E-state index contributed by atoms with van der Waals surface area (Å²) in [5.74, 6) is 0.841. The van der Waals surface area contributed by atoms with Crippen LogP contribution < -0.4 is 9.64 Å². The summed E-state index contributed by atoms with van der Waals surface area (Å²) in [6, 6.07) is 9.94. The summed E-state index contributed by atoms with van der Waals surface area (Å²) in [4.78, 5) is 26.1. The van der Waals surface area contributed by atoms with E-state index in [1.54, 1.807) is 18.5 Å². The average molecular weight is 441 g/mol. The van der Waals surface area contributed by atoms with Crippen LogP contribution in [0.1, 0.15) is 23.7 Å². The second-order valence-electron chi connectivity index (χ2n) is 7.58. The van der Waals surface area contributed by atoms with Crippen molar-refractivity contribution in [2.45, 2.75) is 19.4 Å². The van der Waals surface area contributed by atoms with E-state index in [2.05, 4.69) is 43.0 Å². The SMILES string of the molecule is COc1ccnc(-c2[nH]ncc2C(=O)CCN2CCN(c3cccc(Cl)c3)C(C)C2)n1. The number of aromatic nitrogens is 4. The Morgan fingerprint density at radius 1 is 1.32 bits per heavy atom. The number of carbonyl (C=O) groups excluding carboxylic acids is 1. The van der Waals surface area contributed by atoms with E-state index in [1.165, 1.54) is 7.11 Å². The van der Waals surface area contributed by atoms with Crippen LogP contribution in [-0.2, 0) is 0 Å². The molecule has 1 aromatic carbocycles. The number of hydrogen-bond donors (Lipinski definition) is 1. The zero-order valence-corrected chi connectivity index (χ0v) is 18.3. The molecule has 1 saturated heterocycles. The number of carbonyl (C=O) groups is 1. The van der Waals surface area contributed by atoms with Crippen LogP contribution >= 0.6 is 11.6 Å². The minimum absolute atomic E-state index is 0.0140. The number of benzene rings is 1. The van der Waals surface area contributed by atoms with Gasteiger partial charge in [0.1, 0.15) is 5.69 Å². The predicted octanol–water partition coefficient (Wildman–Crippen LogP) is 3.31. The molecule has 1 atom stereocenters. The standard InChI is InChI=1S/C22H25ClN6O2/c1-15-14-28(10-11-29(15)17-5-3-4-16(23)12-17)9-7-19(30)18-13-25-27-21(18)22-24-8-6-20(26-22)31-2/h3-6,8,12-13,15H,7,9-11,14H2,1-2H3,(H,25,27). The molecule has 0 spiro atoms. The monoisotopic (exact) mass is 440 g/mol. The van der Waals surface area contributed by atoms with Crippen molar-refractivity contribution >= 4 is 23.1 Å². The van der Waals surface area contributed by atoms with Crippen LogP contribution in [0.2, 0.25) is 5.02 Å². The molecule has 31 heavy (non-hydrogen) atoms. The normalized spacial score (nSPS) is 17.0. The Morgan fingerprint density at radius 2 is 2.19 bits per heavy atom. The largest absolute Gasteiger partial charge is 0.481 e. The van der Waals surface area contributed by atoms with E-state index in [0.717, 1.165) is 30.3 Å². The fourth-order valence-corrected chi connectivity index (χ4v) is 4.10. The van der Waals surface area contributed by atoms with Crippen molar-refractivity contribution in [3.63, 3.8) is 0 Å². The summed E-state index contributed by atoms with van der Waals surface area (Å²) in [5, 5.41) is 7.62. The van der Waals surface area contributed by atoms with Gasteiger partial charge in [-0.2, -0.15) is 10.1 Å². The van der Waals surface area contributed by atoms with Crippen LogP contribution in [0.15, 0.2) is 42.7 Å². The summed E-state index contributed by atoms with van der Waals surface area (Å²) in [6.45, 7) is 5.56. The smallest absolute Gasteiger partial charge is 0.216 e. The summed E-state index contributed by atoms with van der Waals surface area (Å²) in [7, 11) is 1.54. The van der Waals surface area contributed by atoms with E-state index >= 15 is 0 Å². The number of piperazine rings is 1. The van der Waals surface area contributed by atoms with Gasteiger partial charge in [-0.15, -0.1) is 0 Å². The van der Waals surface area contributed by atoms with Crippen LogP contribution in [0.25, 0.3) is 11.5 Å². The third-order valence-electron chi connectivity index (χ3n) is 5.51. The Kier molecular flexibility index (Phi) is 6.48. The second kappa shape index (κ2) is 9.45. The lowest BCUT2D eigenvalue weighted by Gasteiger charge is -2.41. The van der Waals surface area contributed by atoms with Gasteiger partial charge in [0.25, 0.3) is 0 Å². The first-order valence-electron chi connectivity index (χ1n) is 10.2. The summed E-state index contributed by atoms with van der Waals surface area (Å²) in [6.07, 6.45) is 3.54. The number of ether oxygens (including phenoxy) is 1. The molecule has 1 N–H and O–H groups in total. The lowest BCUT2D eigenvalue weighted by Crippen LogP contribution is -2.52. The lowest BCUT2D eigenvalue weighted by molar-refractivity contribution is 0.0959. The van der Waals surface area contributed by atoms with Gasteiger partial charge in [0, 0.05) is 61.6 Å². The maximum Gasteiger partial charge on any atom is 0.216 e. The average Bonchev–Trinajstić information content (AvgIpc) is 3.28. The molecule has 8 nitrogen and oxygen atoms in total. The Balaban J connectivity index is 1.37. The van der Waals surface area contributed by atoms with Crippen molar-refractivity contribution in [3.05, 3.63) is 53.3 Å². The molecule has 0 radical (unpaired) electrons. The van der Waals surface area contributed by atoms with Crippen molar-refractivity contribution in [3.8, 4) is 17.4 Å². The first kappa shape index (κ1) is 21.3.